The molecule has 0 radical (unpaired) electrons. The van der Waals surface area contributed by atoms with Gasteiger partial charge >= 0.3 is 0 Å². The topological polar surface area (TPSA) is 115 Å². The summed E-state index contributed by atoms with van der Waals surface area (Å²) in [6, 6.07) is 0. The minimum Gasteiger partial charge on any atom is -0.299 e. The normalized spacial score (nSPS) is 10.1. The summed E-state index contributed by atoms with van der Waals surface area (Å²) >= 11 is 0. The summed E-state index contributed by atoms with van der Waals surface area (Å²) in [4.78, 5) is 76.8. The Bertz CT molecular complexity index is 543. The Hall–Kier alpha value is -2.14. The molecule has 0 aromatic carbocycles. The van der Waals surface area contributed by atoms with Crippen molar-refractivity contribution in [2.24, 2.45) is 0 Å². The Balaban J connectivity index is -0.000000750. The number of carbonyl (C=O) groups excluding carboxylic acids is 6. The molecular formula is C25H52N4O6. The monoisotopic (exact) mass is 504 g/mol. The maximum atomic E-state index is 11.7. The zero-order chi connectivity index (χ0) is 24.1. The van der Waals surface area contributed by atoms with E-state index in [1.54, 1.807) is 14.7 Å². The van der Waals surface area contributed by atoms with Gasteiger partial charge in [0.25, 0.3) is 0 Å². The van der Waals surface area contributed by atoms with Gasteiger partial charge < -0.3 is 0 Å². The van der Waals surface area contributed by atoms with E-state index in [1.165, 1.54) is 41.5 Å². The number of nitrogens with zero attached hydrogens (tertiary/aromatic N) is 4. The zero-order valence-electron chi connectivity index (χ0n) is 19.6. The molecular weight excluding hydrogens is 452 g/mol. The van der Waals surface area contributed by atoms with Gasteiger partial charge in [-0.2, -0.15) is 0 Å². The van der Waals surface area contributed by atoms with Crippen LogP contribution in [0.4, 0.5) is 0 Å². The summed E-state index contributed by atoms with van der Waals surface area (Å²) < 4.78 is 0. The highest BCUT2D eigenvalue weighted by Gasteiger charge is 2.22. The molecule has 0 heterocycles. The molecule has 0 aromatic rings. The first-order chi connectivity index (χ1) is 14.3. The Labute approximate surface area is 214 Å². The number of ketones is 6. The molecule has 0 aliphatic rings. The van der Waals surface area contributed by atoms with Crippen molar-refractivity contribution >= 4 is 34.7 Å². The first-order valence-electron chi connectivity index (χ1n) is 10.1. The Morgan fingerprint density at radius 2 is 0.486 bits per heavy atom. The van der Waals surface area contributed by atoms with Crippen LogP contribution in [0.2, 0.25) is 0 Å². The zero-order valence-corrected chi connectivity index (χ0v) is 19.6. The van der Waals surface area contributed by atoms with Gasteiger partial charge in [0.15, 0.2) is 0 Å². The van der Waals surface area contributed by atoms with Gasteiger partial charge in [-0.3, -0.25) is 48.4 Å². The van der Waals surface area contributed by atoms with Crippen molar-refractivity contribution in [3.05, 3.63) is 0 Å². The van der Waals surface area contributed by atoms with Crippen LogP contribution < -0.4 is 0 Å². The molecule has 0 amide bonds. The van der Waals surface area contributed by atoms with E-state index in [9.17, 15) is 28.8 Å². The predicted octanol–water partition coefficient (Wildman–Crippen LogP) is 2.15. The Morgan fingerprint density at radius 1 is 0.343 bits per heavy atom. The molecule has 35 heavy (non-hydrogen) atoms. The fourth-order valence-corrected chi connectivity index (χ4v) is 3.34. The van der Waals surface area contributed by atoms with E-state index in [0.29, 0.717) is 0 Å². The Morgan fingerprint density at radius 3 is 0.600 bits per heavy atom. The molecule has 0 saturated carbocycles. The molecule has 208 valence electrons. The molecule has 10 heteroatoms. The summed E-state index contributed by atoms with van der Waals surface area (Å²) in [5.41, 5.74) is 0. The van der Waals surface area contributed by atoms with E-state index >= 15 is 0 Å². The van der Waals surface area contributed by atoms with E-state index in [2.05, 4.69) is 0 Å². The lowest BCUT2D eigenvalue weighted by atomic mass is 10.3. The van der Waals surface area contributed by atoms with Gasteiger partial charge in [0, 0.05) is 0 Å². The van der Waals surface area contributed by atoms with Crippen molar-refractivity contribution in [1.29, 1.82) is 0 Å². The molecule has 0 bridgehead atoms. The van der Waals surface area contributed by atoms with Crippen molar-refractivity contribution in [2.45, 2.75) is 71.2 Å². The van der Waals surface area contributed by atoms with Crippen LogP contribution >= 0.6 is 0 Å². The van der Waals surface area contributed by atoms with Gasteiger partial charge in [0.2, 0.25) is 0 Å². The minimum atomic E-state index is -0.116. The van der Waals surface area contributed by atoms with Crippen LogP contribution in [0.15, 0.2) is 0 Å². The second-order valence-electron chi connectivity index (χ2n) is 8.27. The third kappa shape index (κ3) is 24.8. The lowest BCUT2D eigenvalue weighted by Gasteiger charge is -2.36. The van der Waals surface area contributed by atoms with Gasteiger partial charge in [0.1, 0.15) is 34.7 Å². The van der Waals surface area contributed by atoms with Gasteiger partial charge in [0.05, 0.1) is 59.3 Å². The molecule has 0 rings (SSSR count). The number of hydrogen-bond acceptors (Lipinski definition) is 10. The third-order valence-electron chi connectivity index (χ3n) is 3.88. The average molecular weight is 505 g/mol. The molecule has 0 aromatic heterocycles. The molecule has 0 aliphatic heterocycles. The second-order valence-corrected chi connectivity index (χ2v) is 8.27. The van der Waals surface area contributed by atoms with Gasteiger partial charge in [-0.15, -0.1) is 0 Å². The highest BCUT2D eigenvalue weighted by atomic mass is 16.1. The van der Waals surface area contributed by atoms with Crippen molar-refractivity contribution in [3.63, 3.8) is 0 Å². The number of hydrogen-bond donors (Lipinski definition) is 0. The first kappa shape index (κ1) is 43.0. The van der Waals surface area contributed by atoms with Crippen molar-refractivity contribution in [1.82, 2.24) is 19.6 Å². The summed E-state index contributed by atoms with van der Waals surface area (Å²) in [7, 11) is 0. The van der Waals surface area contributed by atoms with Crippen LogP contribution in [0.3, 0.4) is 0 Å². The Kier molecular flexibility index (Phi) is 27.4. The van der Waals surface area contributed by atoms with Crippen LogP contribution in [-0.2, 0) is 28.8 Å². The molecule has 10 nitrogen and oxygen atoms in total. The smallest absolute Gasteiger partial charge is 0.143 e. The van der Waals surface area contributed by atoms with E-state index in [4.69, 9.17) is 0 Å². The summed E-state index contributed by atoms with van der Waals surface area (Å²) in [6.45, 7) is 9.38. The van der Waals surface area contributed by atoms with Crippen molar-refractivity contribution < 1.29 is 28.8 Å². The summed E-state index contributed by atoms with van der Waals surface area (Å²) in [6.07, 6.45) is 0. The summed E-state index contributed by atoms with van der Waals surface area (Å²) in [5, 5.41) is 0. The standard InChI is InChI=1S/C21H36N4O6.4CH4/c1-16(26)7-22(8-17(2)27)13-25(14-23(9-18(3)28)10-19(4)29)15-24(11-20(5)30)12-21(6)31;;;;/h7-15H2,1-6H3;4*1H4. The predicted molar refractivity (Wildman–Crippen MR) is 142 cm³/mol. The van der Waals surface area contributed by atoms with Crippen LogP contribution in [-0.4, -0.2) is 114 Å². The minimum absolute atomic E-state index is 0. The first-order valence-corrected chi connectivity index (χ1v) is 10.1. The molecule has 0 atom stereocenters. The number of rotatable bonds is 18. The highest BCUT2D eigenvalue weighted by molar-refractivity contribution is 5.82. The van der Waals surface area contributed by atoms with Crippen LogP contribution in [0.25, 0.3) is 0 Å². The van der Waals surface area contributed by atoms with E-state index < -0.39 is 0 Å². The third-order valence-corrected chi connectivity index (χ3v) is 3.88. The lowest BCUT2D eigenvalue weighted by Crippen LogP contribution is -2.52. The van der Waals surface area contributed by atoms with E-state index in [1.807, 2.05) is 4.90 Å². The lowest BCUT2D eigenvalue weighted by molar-refractivity contribution is -0.122. The van der Waals surface area contributed by atoms with Gasteiger partial charge in [-0.1, -0.05) is 29.7 Å². The SMILES string of the molecule is C.C.C.C.CC(=O)CN(CC(C)=O)CN(CN(CC(C)=O)CC(C)=O)CN(CC(C)=O)CC(C)=O. The maximum absolute atomic E-state index is 11.7. The van der Waals surface area contributed by atoms with E-state index in [0.717, 1.165) is 0 Å². The average Bonchev–Trinajstić information content (AvgIpc) is 2.50. The molecule has 0 spiro atoms. The fraction of sp³-hybridized carbons (Fsp3) is 0.760. The fourth-order valence-electron chi connectivity index (χ4n) is 3.34. The van der Waals surface area contributed by atoms with Crippen molar-refractivity contribution in [2.75, 3.05) is 59.3 Å². The van der Waals surface area contributed by atoms with Crippen LogP contribution in [0.1, 0.15) is 71.2 Å². The molecule has 0 N–H and O–H groups in total. The highest BCUT2D eigenvalue weighted by Crippen LogP contribution is 2.04. The quantitative estimate of drug-likeness (QED) is 0.257. The largest absolute Gasteiger partial charge is 0.299 e. The van der Waals surface area contributed by atoms with Gasteiger partial charge in [-0.05, 0) is 41.5 Å². The van der Waals surface area contributed by atoms with Crippen molar-refractivity contribution in [3.8, 4) is 0 Å². The van der Waals surface area contributed by atoms with Gasteiger partial charge in [-0.25, -0.2) is 0 Å². The molecule has 0 fully saturated rings. The second kappa shape index (κ2) is 22.3. The number of carbonyl (C=O) groups is 6. The maximum Gasteiger partial charge on any atom is 0.143 e. The molecule has 0 unspecified atom stereocenters. The van der Waals surface area contributed by atoms with Crippen LogP contribution in [0.5, 0.6) is 0 Å². The van der Waals surface area contributed by atoms with Crippen LogP contribution in [0, 0.1) is 0 Å². The molecule has 0 saturated heterocycles. The van der Waals surface area contributed by atoms with E-state index in [-0.39, 0.29) is 124 Å². The summed E-state index contributed by atoms with van der Waals surface area (Å²) in [5.74, 6) is -0.695. The molecule has 0 aliphatic carbocycles. The number of Topliss-reactive ketones (excluding diaryl/α,β-unsaturated/α-hetero) is 6.